The van der Waals surface area contributed by atoms with E-state index in [0.29, 0.717) is 6.61 Å². The van der Waals surface area contributed by atoms with Crippen molar-refractivity contribution in [2.24, 2.45) is 0 Å². The number of rotatable bonds is 7. The molecule has 0 aliphatic rings. The van der Waals surface area contributed by atoms with Crippen molar-refractivity contribution in [3.63, 3.8) is 0 Å². The third-order valence-electron chi connectivity index (χ3n) is 3.09. The average Bonchev–Trinajstić information content (AvgIpc) is 2.38. The van der Waals surface area contributed by atoms with Crippen molar-refractivity contribution in [1.82, 2.24) is 4.90 Å². The molecule has 1 aromatic rings. The Hall–Kier alpha value is -1.88. The molecule has 1 rings (SSSR count). The Bertz CT molecular complexity index is 485. The topological polar surface area (TPSA) is 66.8 Å². The summed E-state index contributed by atoms with van der Waals surface area (Å²) in [6.45, 7) is 4.22. The van der Waals surface area contributed by atoms with Crippen molar-refractivity contribution in [1.29, 1.82) is 0 Å². The number of carbonyl (C=O) groups excluding carboxylic acids is 1. The second-order valence-corrected chi connectivity index (χ2v) is 4.81. The van der Waals surface area contributed by atoms with Crippen LogP contribution in [0.4, 0.5) is 0 Å². The SMILES string of the molecule is COCCN(CC(=O)O)C(=O)Cc1cc(C)ccc1C. The van der Waals surface area contributed by atoms with Gasteiger partial charge in [0.05, 0.1) is 13.0 Å². The maximum atomic E-state index is 12.2. The van der Waals surface area contributed by atoms with Crippen LogP contribution in [0.2, 0.25) is 0 Å². The van der Waals surface area contributed by atoms with Crippen LogP contribution in [0.25, 0.3) is 0 Å². The number of hydrogen-bond acceptors (Lipinski definition) is 3. The highest BCUT2D eigenvalue weighted by Crippen LogP contribution is 2.12. The summed E-state index contributed by atoms with van der Waals surface area (Å²) in [5, 5.41) is 8.86. The molecule has 1 N–H and O–H groups in total. The van der Waals surface area contributed by atoms with E-state index in [2.05, 4.69) is 0 Å². The molecule has 1 amide bonds. The van der Waals surface area contributed by atoms with E-state index in [0.717, 1.165) is 16.7 Å². The zero-order valence-electron chi connectivity index (χ0n) is 12.2. The molecule has 0 radical (unpaired) electrons. The van der Waals surface area contributed by atoms with Gasteiger partial charge < -0.3 is 14.7 Å². The van der Waals surface area contributed by atoms with Gasteiger partial charge in [-0.3, -0.25) is 9.59 Å². The second kappa shape index (κ2) is 7.65. The fourth-order valence-electron chi connectivity index (χ4n) is 1.92. The molecule has 0 aliphatic heterocycles. The Morgan fingerprint density at radius 2 is 2.00 bits per heavy atom. The molecular formula is C15H21NO4. The van der Waals surface area contributed by atoms with E-state index >= 15 is 0 Å². The first-order valence-electron chi connectivity index (χ1n) is 6.48. The van der Waals surface area contributed by atoms with E-state index < -0.39 is 5.97 Å². The lowest BCUT2D eigenvalue weighted by Crippen LogP contribution is -2.39. The van der Waals surface area contributed by atoms with Crippen LogP contribution < -0.4 is 0 Å². The Balaban J connectivity index is 2.78. The summed E-state index contributed by atoms with van der Waals surface area (Å²) < 4.78 is 4.91. The maximum Gasteiger partial charge on any atom is 0.323 e. The zero-order chi connectivity index (χ0) is 15.1. The number of amides is 1. The van der Waals surface area contributed by atoms with E-state index in [1.165, 1.54) is 12.0 Å². The number of nitrogens with zero attached hydrogens (tertiary/aromatic N) is 1. The van der Waals surface area contributed by atoms with Gasteiger partial charge in [0, 0.05) is 13.7 Å². The molecular weight excluding hydrogens is 258 g/mol. The predicted octanol–water partition coefficient (Wildman–Crippen LogP) is 1.41. The molecule has 5 nitrogen and oxygen atoms in total. The van der Waals surface area contributed by atoms with Gasteiger partial charge in [-0.1, -0.05) is 23.8 Å². The van der Waals surface area contributed by atoms with E-state index in [1.54, 1.807) is 0 Å². The molecule has 0 aliphatic carbocycles. The molecule has 1 aromatic carbocycles. The van der Waals surface area contributed by atoms with Crippen molar-refractivity contribution in [2.75, 3.05) is 26.8 Å². The van der Waals surface area contributed by atoms with Crippen LogP contribution >= 0.6 is 0 Å². The molecule has 0 atom stereocenters. The van der Waals surface area contributed by atoms with Gasteiger partial charge in [-0.25, -0.2) is 0 Å². The Morgan fingerprint density at radius 3 is 2.60 bits per heavy atom. The highest BCUT2D eigenvalue weighted by Gasteiger charge is 2.17. The lowest BCUT2D eigenvalue weighted by molar-refractivity contribution is -0.144. The summed E-state index contributed by atoms with van der Waals surface area (Å²) >= 11 is 0. The van der Waals surface area contributed by atoms with Gasteiger partial charge in [-0.2, -0.15) is 0 Å². The van der Waals surface area contributed by atoms with Crippen LogP contribution in [-0.4, -0.2) is 48.7 Å². The number of ether oxygens (including phenoxy) is 1. The lowest BCUT2D eigenvalue weighted by Gasteiger charge is -2.21. The first kappa shape index (κ1) is 16.2. The molecule has 0 aromatic heterocycles. The Kier molecular flexibility index (Phi) is 6.18. The number of carboxylic acids is 1. The molecule has 0 bridgehead atoms. The van der Waals surface area contributed by atoms with Gasteiger partial charge in [0.15, 0.2) is 0 Å². The van der Waals surface area contributed by atoms with Crippen LogP contribution in [0.15, 0.2) is 18.2 Å². The number of methoxy groups -OCH3 is 1. The van der Waals surface area contributed by atoms with Crippen LogP contribution in [-0.2, 0) is 20.7 Å². The second-order valence-electron chi connectivity index (χ2n) is 4.81. The minimum Gasteiger partial charge on any atom is -0.480 e. The van der Waals surface area contributed by atoms with Crippen molar-refractivity contribution < 1.29 is 19.4 Å². The van der Waals surface area contributed by atoms with Crippen LogP contribution in [0.5, 0.6) is 0 Å². The monoisotopic (exact) mass is 279 g/mol. The average molecular weight is 279 g/mol. The minimum atomic E-state index is -1.02. The number of carbonyl (C=O) groups is 2. The standard InChI is InChI=1S/C15H21NO4/c1-11-4-5-12(2)13(8-11)9-14(17)16(6-7-20-3)10-15(18)19/h4-5,8H,6-7,9-10H2,1-3H3,(H,18,19). The van der Waals surface area contributed by atoms with Crippen molar-refractivity contribution in [2.45, 2.75) is 20.3 Å². The van der Waals surface area contributed by atoms with Gasteiger partial charge in [0.2, 0.25) is 5.91 Å². The normalized spacial score (nSPS) is 10.3. The zero-order valence-corrected chi connectivity index (χ0v) is 12.2. The fourth-order valence-corrected chi connectivity index (χ4v) is 1.92. The smallest absolute Gasteiger partial charge is 0.323 e. The summed E-state index contributed by atoms with van der Waals surface area (Å²) in [5.74, 6) is -1.21. The molecule has 5 heteroatoms. The van der Waals surface area contributed by atoms with E-state index in [-0.39, 0.29) is 25.4 Å². The highest BCUT2D eigenvalue weighted by atomic mass is 16.5. The number of benzene rings is 1. The van der Waals surface area contributed by atoms with E-state index in [4.69, 9.17) is 9.84 Å². The lowest BCUT2D eigenvalue weighted by atomic mass is 10.0. The van der Waals surface area contributed by atoms with Crippen LogP contribution in [0, 0.1) is 13.8 Å². The predicted molar refractivity (Wildman–Crippen MR) is 75.7 cm³/mol. The fraction of sp³-hybridized carbons (Fsp3) is 0.467. The molecule has 0 heterocycles. The maximum absolute atomic E-state index is 12.2. The van der Waals surface area contributed by atoms with Crippen LogP contribution in [0.1, 0.15) is 16.7 Å². The largest absolute Gasteiger partial charge is 0.480 e. The van der Waals surface area contributed by atoms with Gasteiger partial charge in [0.1, 0.15) is 6.54 Å². The molecule has 0 saturated heterocycles. The first-order valence-corrected chi connectivity index (χ1v) is 6.48. The quantitative estimate of drug-likeness (QED) is 0.819. The summed E-state index contributed by atoms with van der Waals surface area (Å²) in [6, 6.07) is 5.92. The Labute approximate surface area is 119 Å². The molecule has 20 heavy (non-hydrogen) atoms. The highest BCUT2D eigenvalue weighted by molar-refractivity contribution is 5.83. The number of hydrogen-bond donors (Lipinski definition) is 1. The summed E-state index contributed by atoms with van der Waals surface area (Å²) in [6.07, 6.45) is 0.213. The first-order chi connectivity index (χ1) is 9.43. The molecule has 0 saturated carbocycles. The molecule has 0 spiro atoms. The summed E-state index contributed by atoms with van der Waals surface area (Å²) in [7, 11) is 1.52. The Morgan fingerprint density at radius 1 is 1.30 bits per heavy atom. The number of aliphatic carboxylic acids is 1. The number of carboxylic acid groups (broad SMARTS) is 1. The van der Waals surface area contributed by atoms with E-state index in [9.17, 15) is 9.59 Å². The number of aryl methyl sites for hydroxylation is 2. The van der Waals surface area contributed by atoms with Gasteiger partial charge >= 0.3 is 5.97 Å². The van der Waals surface area contributed by atoms with Crippen molar-refractivity contribution >= 4 is 11.9 Å². The van der Waals surface area contributed by atoms with E-state index in [1.807, 2.05) is 32.0 Å². The minimum absolute atomic E-state index is 0.196. The van der Waals surface area contributed by atoms with Gasteiger partial charge in [-0.05, 0) is 25.0 Å². The van der Waals surface area contributed by atoms with Crippen LogP contribution in [0.3, 0.4) is 0 Å². The van der Waals surface area contributed by atoms with Gasteiger partial charge in [-0.15, -0.1) is 0 Å². The summed E-state index contributed by atoms with van der Waals surface area (Å²) in [5.41, 5.74) is 3.05. The third kappa shape index (κ3) is 5.01. The van der Waals surface area contributed by atoms with Gasteiger partial charge in [0.25, 0.3) is 0 Å². The molecule has 0 unspecified atom stereocenters. The van der Waals surface area contributed by atoms with Crippen molar-refractivity contribution in [3.05, 3.63) is 34.9 Å². The molecule has 110 valence electrons. The summed E-state index contributed by atoms with van der Waals surface area (Å²) in [4.78, 5) is 24.4. The third-order valence-corrected chi connectivity index (χ3v) is 3.09. The molecule has 0 fully saturated rings. The van der Waals surface area contributed by atoms with Crippen molar-refractivity contribution in [3.8, 4) is 0 Å².